The third-order valence-corrected chi connectivity index (χ3v) is 5.74. The molecular weight excluding hydrogens is 368 g/mol. The average Bonchev–Trinajstić information content (AvgIpc) is 3.16. The molecule has 0 radical (unpaired) electrons. The van der Waals surface area contributed by atoms with Gasteiger partial charge in [-0.15, -0.1) is 11.3 Å². The number of carbonyl (C=O) groups is 1. The Labute approximate surface area is 167 Å². The van der Waals surface area contributed by atoms with Crippen molar-refractivity contribution in [1.29, 1.82) is 0 Å². The molecule has 0 bridgehead atoms. The van der Waals surface area contributed by atoms with E-state index >= 15 is 0 Å². The molecule has 4 aromatic rings. The van der Waals surface area contributed by atoms with Gasteiger partial charge in [-0.1, -0.05) is 48.5 Å². The van der Waals surface area contributed by atoms with E-state index in [4.69, 9.17) is 4.74 Å². The maximum atomic E-state index is 12.2. The maximum Gasteiger partial charge on any atom is 0.338 e. The Balaban J connectivity index is 1.37. The number of benzene rings is 3. The summed E-state index contributed by atoms with van der Waals surface area (Å²) >= 11 is 1.65. The first-order chi connectivity index (χ1) is 13.7. The highest BCUT2D eigenvalue weighted by molar-refractivity contribution is 7.17. The maximum absolute atomic E-state index is 12.2. The molecule has 0 fully saturated rings. The predicted octanol–water partition coefficient (Wildman–Crippen LogP) is 5.75. The molecule has 0 spiro atoms. The Kier molecular flexibility index (Phi) is 5.40. The Bertz CT molecular complexity index is 1080. The summed E-state index contributed by atoms with van der Waals surface area (Å²) < 4.78 is 6.47. The van der Waals surface area contributed by atoms with E-state index in [2.05, 4.69) is 5.38 Å². The molecule has 0 saturated carbocycles. The lowest BCUT2D eigenvalue weighted by Gasteiger charge is -2.06. The molecule has 3 nitrogen and oxygen atoms in total. The second-order valence-corrected chi connectivity index (χ2v) is 7.58. The van der Waals surface area contributed by atoms with Crippen molar-refractivity contribution in [3.8, 4) is 5.75 Å². The van der Waals surface area contributed by atoms with Crippen molar-refractivity contribution >= 4 is 27.4 Å². The number of phenolic OH excluding ortho intramolecular Hbond substituents is 1. The standard InChI is InChI=1S/C24H20O3S/c25-21-7-4-8-22-23(21)20(16-28-22)14-11-17-9-12-19(13-10-17)24(26)27-15-18-5-2-1-3-6-18/h1-10,12-13,16,25H,11,14-15H2. The summed E-state index contributed by atoms with van der Waals surface area (Å²) in [6.07, 6.45) is 1.69. The SMILES string of the molecule is O=C(OCc1ccccc1)c1ccc(CCc2csc3cccc(O)c23)cc1. The van der Waals surface area contributed by atoms with Crippen molar-refractivity contribution < 1.29 is 14.6 Å². The van der Waals surface area contributed by atoms with E-state index < -0.39 is 0 Å². The molecule has 4 rings (SSSR count). The van der Waals surface area contributed by atoms with E-state index in [1.165, 1.54) is 0 Å². The number of phenols is 1. The van der Waals surface area contributed by atoms with Gasteiger partial charge in [0.15, 0.2) is 0 Å². The molecule has 3 aromatic carbocycles. The highest BCUT2D eigenvalue weighted by Gasteiger charge is 2.10. The van der Waals surface area contributed by atoms with Gasteiger partial charge in [0.05, 0.1) is 5.56 Å². The quantitative estimate of drug-likeness (QED) is 0.428. The Morgan fingerprint density at radius 3 is 2.43 bits per heavy atom. The van der Waals surface area contributed by atoms with Crippen LogP contribution in [0.3, 0.4) is 0 Å². The summed E-state index contributed by atoms with van der Waals surface area (Å²) in [5, 5.41) is 13.2. The molecule has 0 unspecified atom stereocenters. The van der Waals surface area contributed by atoms with Crippen LogP contribution in [-0.2, 0) is 24.2 Å². The fraction of sp³-hybridized carbons (Fsp3) is 0.125. The van der Waals surface area contributed by atoms with Crippen LogP contribution in [0.1, 0.15) is 27.0 Å². The molecule has 140 valence electrons. The topological polar surface area (TPSA) is 46.5 Å². The Morgan fingerprint density at radius 1 is 0.857 bits per heavy atom. The van der Waals surface area contributed by atoms with Crippen LogP contribution in [0.4, 0.5) is 0 Å². The lowest BCUT2D eigenvalue weighted by atomic mass is 10.0. The fourth-order valence-corrected chi connectivity index (χ4v) is 4.23. The minimum Gasteiger partial charge on any atom is -0.507 e. The molecule has 0 saturated heterocycles. The first-order valence-electron chi connectivity index (χ1n) is 9.19. The summed E-state index contributed by atoms with van der Waals surface area (Å²) in [7, 11) is 0. The van der Waals surface area contributed by atoms with Crippen LogP contribution in [-0.4, -0.2) is 11.1 Å². The van der Waals surface area contributed by atoms with Gasteiger partial charge >= 0.3 is 5.97 Å². The van der Waals surface area contributed by atoms with Crippen molar-refractivity contribution in [3.05, 3.63) is 100 Å². The molecule has 0 aliphatic carbocycles. The molecule has 0 aliphatic rings. The van der Waals surface area contributed by atoms with Gasteiger partial charge in [0.25, 0.3) is 0 Å². The summed E-state index contributed by atoms with van der Waals surface area (Å²) in [5.74, 6) is 0.0226. The molecule has 1 N–H and O–H groups in total. The zero-order valence-electron chi connectivity index (χ0n) is 15.3. The zero-order chi connectivity index (χ0) is 19.3. The van der Waals surface area contributed by atoms with Gasteiger partial charge < -0.3 is 9.84 Å². The lowest BCUT2D eigenvalue weighted by molar-refractivity contribution is 0.0472. The monoisotopic (exact) mass is 388 g/mol. The molecule has 0 amide bonds. The predicted molar refractivity (Wildman–Crippen MR) is 113 cm³/mol. The van der Waals surface area contributed by atoms with Crippen LogP contribution in [0.5, 0.6) is 5.75 Å². The second-order valence-electron chi connectivity index (χ2n) is 6.67. The molecule has 4 heteroatoms. The smallest absolute Gasteiger partial charge is 0.338 e. The van der Waals surface area contributed by atoms with Crippen molar-refractivity contribution in [2.45, 2.75) is 19.4 Å². The van der Waals surface area contributed by atoms with E-state index in [0.29, 0.717) is 11.3 Å². The van der Waals surface area contributed by atoms with Crippen molar-refractivity contribution in [2.75, 3.05) is 0 Å². The zero-order valence-corrected chi connectivity index (χ0v) is 16.1. The van der Waals surface area contributed by atoms with E-state index in [1.54, 1.807) is 17.4 Å². The van der Waals surface area contributed by atoms with Crippen LogP contribution in [0.15, 0.2) is 78.2 Å². The molecule has 0 aliphatic heterocycles. The van der Waals surface area contributed by atoms with E-state index in [-0.39, 0.29) is 12.6 Å². The minimum atomic E-state index is -0.316. The molecule has 0 atom stereocenters. The van der Waals surface area contributed by atoms with Gasteiger partial charge in [-0.3, -0.25) is 0 Å². The first-order valence-corrected chi connectivity index (χ1v) is 10.1. The summed E-state index contributed by atoms with van der Waals surface area (Å²) in [5.41, 5.74) is 3.83. The van der Waals surface area contributed by atoms with Crippen LogP contribution in [0, 0.1) is 0 Å². The third-order valence-electron chi connectivity index (χ3n) is 4.74. The summed E-state index contributed by atoms with van der Waals surface area (Å²) in [6.45, 7) is 0.274. The third kappa shape index (κ3) is 4.07. The number of fused-ring (bicyclic) bond motifs is 1. The summed E-state index contributed by atoms with van der Waals surface area (Å²) in [4.78, 5) is 12.2. The molecule has 28 heavy (non-hydrogen) atoms. The lowest BCUT2D eigenvalue weighted by Crippen LogP contribution is -2.05. The number of hydrogen-bond donors (Lipinski definition) is 1. The highest BCUT2D eigenvalue weighted by Crippen LogP contribution is 2.33. The number of esters is 1. The van der Waals surface area contributed by atoms with Gasteiger partial charge in [-0.25, -0.2) is 4.79 Å². The van der Waals surface area contributed by atoms with E-state index in [9.17, 15) is 9.90 Å². The van der Waals surface area contributed by atoms with E-state index in [1.807, 2.05) is 66.7 Å². The number of ether oxygens (including phenoxy) is 1. The number of carbonyl (C=O) groups excluding carboxylic acids is 1. The van der Waals surface area contributed by atoms with Crippen LogP contribution in [0.25, 0.3) is 10.1 Å². The molecular formula is C24H20O3S. The van der Waals surface area contributed by atoms with E-state index in [0.717, 1.165) is 39.6 Å². The average molecular weight is 388 g/mol. The van der Waals surface area contributed by atoms with Gasteiger partial charge in [0, 0.05) is 10.1 Å². The van der Waals surface area contributed by atoms with Crippen molar-refractivity contribution in [1.82, 2.24) is 0 Å². The number of thiophene rings is 1. The van der Waals surface area contributed by atoms with Crippen LogP contribution >= 0.6 is 11.3 Å². The molecule has 1 aromatic heterocycles. The number of rotatable bonds is 6. The Morgan fingerprint density at radius 2 is 1.64 bits per heavy atom. The fourth-order valence-electron chi connectivity index (χ4n) is 3.21. The molecule has 1 heterocycles. The van der Waals surface area contributed by atoms with Gasteiger partial charge in [0.2, 0.25) is 0 Å². The second kappa shape index (κ2) is 8.28. The number of hydrogen-bond acceptors (Lipinski definition) is 4. The van der Waals surface area contributed by atoms with Crippen LogP contribution < -0.4 is 0 Å². The van der Waals surface area contributed by atoms with Gasteiger partial charge in [0.1, 0.15) is 12.4 Å². The number of aromatic hydroxyl groups is 1. The number of aryl methyl sites for hydroxylation is 2. The van der Waals surface area contributed by atoms with Gasteiger partial charge in [-0.2, -0.15) is 0 Å². The largest absolute Gasteiger partial charge is 0.507 e. The normalized spacial score (nSPS) is 10.9. The van der Waals surface area contributed by atoms with Crippen LogP contribution in [0.2, 0.25) is 0 Å². The highest BCUT2D eigenvalue weighted by atomic mass is 32.1. The van der Waals surface area contributed by atoms with Crippen molar-refractivity contribution in [2.24, 2.45) is 0 Å². The minimum absolute atomic E-state index is 0.274. The summed E-state index contributed by atoms with van der Waals surface area (Å²) in [6, 6.07) is 22.8. The van der Waals surface area contributed by atoms with Crippen molar-refractivity contribution in [3.63, 3.8) is 0 Å². The first kappa shape index (κ1) is 18.3. The Hall–Kier alpha value is -3.11. The van der Waals surface area contributed by atoms with Gasteiger partial charge in [-0.05, 0) is 59.2 Å².